The Morgan fingerprint density at radius 2 is 1.91 bits per heavy atom. The topological polar surface area (TPSA) is 17.1 Å². The van der Waals surface area contributed by atoms with Gasteiger partial charge in [-0.15, -0.1) is 0 Å². The number of carbonyl (C=O) groups excluding carboxylic acids is 1. The van der Waals surface area contributed by atoms with Crippen LogP contribution in [-0.4, -0.2) is 5.78 Å². The minimum atomic E-state index is -0.205. The lowest BCUT2D eigenvalue weighted by atomic mass is 9.79. The van der Waals surface area contributed by atoms with Crippen LogP contribution in [0.25, 0.3) is 0 Å². The summed E-state index contributed by atoms with van der Waals surface area (Å²) in [5.41, 5.74) is 1.18. The van der Waals surface area contributed by atoms with Gasteiger partial charge in [0.15, 0.2) is 0 Å². The van der Waals surface area contributed by atoms with E-state index in [2.05, 4.69) is 29.5 Å². The molecule has 0 unspecified atom stereocenters. The number of ketones is 1. The molecule has 11 heavy (non-hydrogen) atoms. The third kappa shape index (κ3) is 1.50. The van der Waals surface area contributed by atoms with Crippen LogP contribution in [0.2, 0.25) is 0 Å². The molecular formula is C9H13IO. The van der Waals surface area contributed by atoms with Crippen molar-refractivity contribution in [1.82, 2.24) is 0 Å². The number of Topliss-reactive ketones (excluding diaryl/α,β-unsaturated/α-hetero) is 1. The highest BCUT2D eigenvalue weighted by Crippen LogP contribution is 2.41. The van der Waals surface area contributed by atoms with Crippen LogP contribution >= 0.6 is 22.6 Å². The van der Waals surface area contributed by atoms with Gasteiger partial charge in [0.25, 0.3) is 0 Å². The summed E-state index contributed by atoms with van der Waals surface area (Å²) in [6, 6.07) is 0. The average molecular weight is 264 g/mol. The molecular weight excluding hydrogens is 251 g/mol. The molecule has 0 aliphatic heterocycles. The first kappa shape index (κ1) is 9.23. The van der Waals surface area contributed by atoms with E-state index in [1.54, 1.807) is 0 Å². The van der Waals surface area contributed by atoms with Crippen LogP contribution in [0.15, 0.2) is 9.15 Å². The number of carbonyl (C=O) groups is 1. The SMILES string of the molecule is CC1=C(I)C(C)(C)C(=O)CC1. The van der Waals surface area contributed by atoms with Crippen LogP contribution < -0.4 is 0 Å². The Balaban J connectivity index is 3.08. The number of halogens is 1. The quantitative estimate of drug-likeness (QED) is 0.614. The summed E-state index contributed by atoms with van der Waals surface area (Å²) in [7, 11) is 0. The van der Waals surface area contributed by atoms with Gasteiger partial charge in [0.2, 0.25) is 0 Å². The van der Waals surface area contributed by atoms with Crippen LogP contribution in [0.3, 0.4) is 0 Å². The highest BCUT2D eigenvalue weighted by Gasteiger charge is 2.34. The van der Waals surface area contributed by atoms with Gasteiger partial charge in [-0.1, -0.05) is 5.57 Å². The largest absolute Gasteiger partial charge is 0.299 e. The fraction of sp³-hybridized carbons (Fsp3) is 0.667. The smallest absolute Gasteiger partial charge is 0.143 e. The van der Waals surface area contributed by atoms with Gasteiger partial charge in [-0.05, 0) is 49.8 Å². The summed E-state index contributed by atoms with van der Waals surface area (Å²) in [5, 5.41) is 0. The average Bonchev–Trinajstić information content (AvgIpc) is 1.95. The van der Waals surface area contributed by atoms with Crippen LogP contribution in [0.1, 0.15) is 33.6 Å². The molecule has 1 nitrogen and oxygen atoms in total. The Bertz CT molecular complexity index is 226. The highest BCUT2D eigenvalue weighted by atomic mass is 127. The number of hydrogen-bond acceptors (Lipinski definition) is 1. The van der Waals surface area contributed by atoms with E-state index in [0.717, 1.165) is 12.8 Å². The van der Waals surface area contributed by atoms with Gasteiger partial charge in [0, 0.05) is 10.0 Å². The van der Waals surface area contributed by atoms with Crippen molar-refractivity contribution in [1.29, 1.82) is 0 Å². The Kier molecular flexibility index (Phi) is 2.42. The second-order valence-corrected chi connectivity index (χ2v) is 4.72. The molecule has 0 heterocycles. The lowest BCUT2D eigenvalue weighted by Crippen LogP contribution is -2.28. The maximum absolute atomic E-state index is 11.4. The number of allylic oxidation sites excluding steroid dienone is 2. The molecule has 0 saturated carbocycles. The van der Waals surface area contributed by atoms with E-state index < -0.39 is 0 Å². The van der Waals surface area contributed by atoms with Crippen molar-refractivity contribution in [2.75, 3.05) is 0 Å². The highest BCUT2D eigenvalue weighted by molar-refractivity contribution is 14.1. The van der Waals surface area contributed by atoms with Crippen molar-refractivity contribution in [3.05, 3.63) is 9.15 Å². The minimum Gasteiger partial charge on any atom is -0.299 e. The second kappa shape index (κ2) is 2.88. The van der Waals surface area contributed by atoms with Gasteiger partial charge in [-0.25, -0.2) is 0 Å². The molecule has 2 heteroatoms. The normalized spacial score (nSPS) is 24.2. The van der Waals surface area contributed by atoms with Crippen LogP contribution in [-0.2, 0) is 4.79 Å². The standard InChI is InChI=1S/C9H13IO/c1-6-4-5-7(11)9(2,3)8(6)10/h4-5H2,1-3H3. The number of rotatable bonds is 0. The molecule has 1 rings (SSSR count). The van der Waals surface area contributed by atoms with E-state index in [9.17, 15) is 4.79 Å². The van der Waals surface area contributed by atoms with E-state index in [0.29, 0.717) is 5.78 Å². The van der Waals surface area contributed by atoms with Crippen LogP contribution in [0.5, 0.6) is 0 Å². The molecule has 0 atom stereocenters. The molecule has 0 radical (unpaired) electrons. The summed E-state index contributed by atoms with van der Waals surface area (Å²) < 4.78 is 1.24. The Hall–Kier alpha value is 0.140. The van der Waals surface area contributed by atoms with E-state index in [4.69, 9.17) is 0 Å². The maximum atomic E-state index is 11.4. The molecule has 0 bridgehead atoms. The molecule has 1 aliphatic rings. The van der Waals surface area contributed by atoms with Gasteiger partial charge < -0.3 is 0 Å². The van der Waals surface area contributed by atoms with Gasteiger partial charge in [-0.3, -0.25) is 4.79 Å². The van der Waals surface area contributed by atoms with E-state index >= 15 is 0 Å². The Morgan fingerprint density at radius 1 is 1.36 bits per heavy atom. The van der Waals surface area contributed by atoms with Gasteiger partial charge in [0.1, 0.15) is 5.78 Å². The summed E-state index contributed by atoms with van der Waals surface area (Å²) >= 11 is 2.30. The van der Waals surface area contributed by atoms with Gasteiger partial charge >= 0.3 is 0 Å². The molecule has 0 aromatic rings. The summed E-state index contributed by atoms with van der Waals surface area (Å²) in [4.78, 5) is 11.4. The fourth-order valence-electron chi connectivity index (χ4n) is 1.38. The van der Waals surface area contributed by atoms with Crippen molar-refractivity contribution in [2.45, 2.75) is 33.6 Å². The van der Waals surface area contributed by atoms with Crippen molar-refractivity contribution < 1.29 is 4.79 Å². The zero-order valence-electron chi connectivity index (χ0n) is 7.20. The molecule has 0 aromatic heterocycles. The molecule has 1 aliphatic carbocycles. The minimum absolute atomic E-state index is 0.205. The third-order valence-corrected chi connectivity index (χ3v) is 4.62. The van der Waals surface area contributed by atoms with E-state index in [1.165, 1.54) is 9.15 Å². The first-order chi connectivity index (χ1) is 4.96. The Morgan fingerprint density at radius 3 is 2.36 bits per heavy atom. The molecule has 0 N–H and O–H groups in total. The number of hydrogen-bond donors (Lipinski definition) is 0. The van der Waals surface area contributed by atoms with Crippen LogP contribution in [0.4, 0.5) is 0 Å². The van der Waals surface area contributed by atoms with Crippen molar-refractivity contribution >= 4 is 28.4 Å². The summed E-state index contributed by atoms with van der Waals surface area (Å²) in [6.07, 6.45) is 1.69. The molecule has 62 valence electrons. The zero-order chi connectivity index (χ0) is 8.65. The monoisotopic (exact) mass is 264 g/mol. The predicted molar refractivity (Wildman–Crippen MR) is 54.7 cm³/mol. The van der Waals surface area contributed by atoms with Crippen molar-refractivity contribution in [2.24, 2.45) is 5.41 Å². The molecule has 0 fully saturated rings. The molecule has 0 aromatic carbocycles. The maximum Gasteiger partial charge on any atom is 0.143 e. The zero-order valence-corrected chi connectivity index (χ0v) is 9.36. The van der Waals surface area contributed by atoms with Crippen LogP contribution in [0, 0.1) is 5.41 Å². The molecule has 0 saturated heterocycles. The van der Waals surface area contributed by atoms with E-state index in [1.807, 2.05) is 13.8 Å². The third-order valence-electron chi connectivity index (χ3n) is 2.35. The fourth-order valence-corrected chi connectivity index (χ4v) is 1.95. The summed E-state index contributed by atoms with van der Waals surface area (Å²) in [6.45, 7) is 6.15. The summed E-state index contributed by atoms with van der Waals surface area (Å²) in [5.74, 6) is 0.382. The van der Waals surface area contributed by atoms with Crippen molar-refractivity contribution in [3.8, 4) is 0 Å². The predicted octanol–water partition coefficient (Wildman–Crippen LogP) is 3.08. The van der Waals surface area contributed by atoms with Gasteiger partial charge in [-0.2, -0.15) is 0 Å². The Labute approximate surface area is 81.4 Å². The first-order valence-electron chi connectivity index (χ1n) is 3.85. The lowest BCUT2D eigenvalue weighted by molar-refractivity contribution is -0.125. The van der Waals surface area contributed by atoms with Crippen molar-refractivity contribution in [3.63, 3.8) is 0 Å². The first-order valence-corrected chi connectivity index (χ1v) is 4.93. The molecule has 0 spiro atoms. The molecule has 0 amide bonds. The lowest BCUT2D eigenvalue weighted by Gasteiger charge is -2.29. The second-order valence-electron chi connectivity index (χ2n) is 3.64. The van der Waals surface area contributed by atoms with Gasteiger partial charge in [0.05, 0.1) is 5.41 Å². The van der Waals surface area contributed by atoms with E-state index in [-0.39, 0.29) is 5.41 Å².